The van der Waals surface area contributed by atoms with Gasteiger partial charge in [-0.15, -0.1) is 0 Å². The van der Waals surface area contributed by atoms with E-state index in [2.05, 4.69) is 65.1 Å². The second-order valence-electron chi connectivity index (χ2n) is 5.93. The van der Waals surface area contributed by atoms with Gasteiger partial charge >= 0.3 is 0 Å². The van der Waals surface area contributed by atoms with Crippen molar-refractivity contribution in [3.8, 4) is 0 Å². The number of benzene rings is 1. The predicted octanol–water partition coefficient (Wildman–Crippen LogP) is 5.00. The second-order valence-corrected chi connectivity index (χ2v) is 5.93. The number of rotatable bonds is 5. The molecule has 0 atom stereocenters. The van der Waals surface area contributed by atoms with Gasteiger partial charge < -0.3 is 5.32 Å². The number of nitrogens with one attached hydrogen (secondary N) is 1. The Hall–Kier alpha value is -0.980. The van der Waals surface area contributed by atoms with Gasteiger partial charge in [-0.25, -0.2) is 0 Å². The zero-order valence-corrected chi connectivity index (χ0v) is 12.2. The van der Waals surface area contributed by atoms with E-state index in [-0.39, 0.29) is 0 Å². The summed E-state index contributed by atoms with van der Waals surface area (Å²) in [5.74, 6) is 1.86. The first-order chi connectivity index (χ1) is 7.91. The van der Waals surface area contributed by atoms with Gasteiger partial charge in [-0.2, -0.15) is 0 Å². The van der Waals surface area contributed by atoms with Crippen molar-refractivity contribution in [2.45, 2.75) is 53.4 Å². The summed E-state index contributed by atoms with van der Waals surface area (Å²) in [4.78, 5) is 0. The van der Waals surface area contributed by atoms with Crippen molar-refractivity contribution in [1.82, 2.24) is 0 Å². The average Bonchev–Trinajstić information content (AvgIpc) is 2.25. The third-order valence-electron chi connectivity index (χ3n) is 3.07. The Morgan fingerprint density at radius 3 is 2.06 bits per heavy atom. The summed E-state index contributed by atoms with van der Waals surface area (Å²) in [7, 11) is 0. The first kappa shape index (κ1) is 14.1. The van der Waals surface area contributed by atoms with Gasteiger partial charge in [0.05, 0.1) is 0 Å². The molecule has 0 amide bonds. The molecule has 1 nitrogen and oxygen atoms in total. The van der Waals surface area contributed by atoms with Crippen LogP contribution in [0.4, 0.5) is 5.69 Å². The molecule has 17 heavy (non-hydrogen) atoms. The van der Waals surface area contributed by atoms with Crippen LogP contribution in [0.2, 0.25) is 0 Å². The molecule has 1 aromatic carbocycles. The molecule has 0 saturated carbocycles. The van der Waals surface area contributed by atoms with E-state index in [9.17, 15) is 0 Å². The molecule has 0 saturated heterocycles. The highest BCUT2D eigenvalue weighted by Crippen LogP contribution is 2.28. The minimum absolute atomic E-state index is 0.573. The van der Waals surface area contributed by atoms with Crippen LogP contribution < -0.4 is 5.32 Å². The minimum Gasteiger partial charge on any atom is -0.385 e. The molecule has 0 aliphatic rings. The van der Waals surface area contributed by atoms with Crippen molar-refractivity contribution < 1.29 is 0 Å². The average molecular weight is 233 g/mol. The quantitative estimate of drug-likeness (QED) is 0.754. The lowest BCUT2D eigenvalue weighted by molar-refractivity contribution is 0.687. The van der Waals surface area contributed by atoms with Crippen LogP contribution in [0.25, 0.3) is 0 Å². The Morgan fingerprint density at radius 1 is 0.941 bits per heavy atom. The van der Waals surface area contributed by atoms with E-state index in [0.717, 1.165) is 6.54 Å². The van der Waals surface area contributed by atoms with Gasteiger partial charge in [-0.05, 0) is 34.9 Å². The molecule has 0 spiro atoms. The van der Waals surface area contributed by atoms with Crippen molar-refractivity contribution in [3.05, 3.63) is 29.3 Å². The Balaban J connectivity index is 2.96. The van der Waals surface area contributed by atoms with E-state index < -0.39 is 0 Å². The van der Waals surface area contributed by atoms with Crippen LogP contribution in [0.5, 0.6) is 0 Å². The van der Waals surface area contributed by atoms with Gasteiger partial charge in [0.2, 0.25) is 0 Å². The van der Waals surface area contributed by atoms with Gasteiger partial charge in [0.25, 0.3) is 0 Å². The smallest absolute Gasteiger partial charge is 0.0375 e. The van der Waals surface area contributed by atoms with E-state index in [0.29, 0.717) is 17.8 Å². The fourth-order valence-electron chi connectivity index (χ4n) is 1.89. The maximum Gasteiger partial charge on any atom is 0.0375 e. The lowest BCUT2D eigenvalue weighted by atomic mass is 9.94. The molecule has 0 aromatic heterocycles. The summed E-state index contributed by atoms with van der Waals surface area (Å²) >= 11 is 0. The third-order valence-corrected chi connectivity index (χ3v) is 3.07. The molecule has 1 heteroatoms. The number of hydrogen-bond acceptors (Lipinski definition) is 1. The Morgan fingerprint density at radius 2 is 1.59 bits per heavy atom. The SMILES string of the molecule is CC(C)CNc1ccc(C(C)C)cc1C(C)C. The van der Waals surface area contributed by atoms with Gasteiger partial charge in [0, 0.05) is 12.2 Å². The Kier molecular flexibility index (Phi) is 5.04. The molecule has 0 fully saturated rings. The molecule has 0 bridgehead atoms. The van der Waals surface area contributed by atoms with E-state index in [1.54, 1.807) is 0 Å². The predicted molar refractivity (Wildman–Crippen MR) is 77.9 cm³/mol. The molecule has 0 aliphatic heterocycles. The van der Waals surface area contributed by atoms with Crippen molar-refractivity contribution >= 4 is 5.69 Å². The first-order valence-corrected chi connectivity index (χ1v) is 6.79. The monoisotopic (exact) mass is 233 g/mol. The van der Waals surface area contributed by atoms with Gasteiger partial charge in [-0.3, -0.25) is 0 Å². The molecular formula is C16H27N. The largest absolute Gasteiger partial charge is 0.385 e. The molecule has 1 N–H and O–H groups in total. The van der Waals surface area contributed by atoms with Crippen LogP contribution >= 0.6 is 0 Å². The highest BCUT2D eigenvalue weighted by atomic mass is 14.9. The van der Waals surface area contributed by atoms with E-state index in [1.165, 1.54) is 16.8 Å². The molecule has 1 aromatic rings. The highest BCUT2D eigenvalue weighted by Gasteiger charge is 2.09. The van der Waals surface area contributed by atoms with Crippen LogP contribution in [-0.2, 0) is 0 Å². The van der Waals surface area contributed by atoms with Gasteiger partial charge in [0.15, 0.2) is 0 Å². The summed E-state index contributed by atoms with van der Waals surface area (Å²) in [6.45, 7) is 14.6. The van der Waals surface area contributed by atoms with Crippen molar-refractivity contribution in [2.75, 3.05) is 11.9 Å². The van der Waals surface area contributed by atoms with E-state index >= 15 is 0 Å². The van der Waals surface area contributed by atoms with Crippen molar-refractivity contribution in [3.63, 3.8) is 0 Å². The molecule has 96 valence electrons. The summed E-state index contributed by atoms with van der Waals surface area (Å²) in [5.41, 5.74) is 4.18. The maximum atomic E-state index is 3.56. The summed E-state index contributed by atoms with van der Waals surface area (Å²) in [6, 6.07) is 6.85. The lowest BCUT2D eigenvalue weighted by Gasteiger charge is -2.18. The van der Waals surface area contributed by atoms with Crippen LogP contribution in [0.15, 0.2) is 18.2 Å². The maximum absolute atomic E-state index is 3.56. The van der Waals surface area contributed by atoms with Crippen molar-refractivity contribution in [1.29, 1.82) is 0 Å². The van der Waals surface area contributed by atoms with Gasteiger partial charge in [-0.1, -0.05) is 53.7 Å². The molecule has 0 unspecified atom stereocenters. The standard InChI is InChI=1S/C16H27N/c1-11(2)10-17-16-8-7-14(12(3)4)9-15(16)13(5)6/h7-9,11-13,17H,10H2,1-6H3. The normalized spacial score (nSPS) is 11.6. The minimum atomic E-state index is 0.573. The second kappa shape index (κ2) is 6.09. The fraction of sp³-hybridized carbons (Fsp3) is 0.625. The first-order valence-electron chi connectivity index (χ1n) is 6.79. The van der Waals surface area contributed by atoms with Gasteiger partial charge in [0.1, 0.15) is 0 Å². The molecule has 0 radical (unpaired) electrons. The zero-order valence-electron chi connectivity index (χ0n) is 12.2. The topological polar surface area (TPSA) is 12.0 Å². The van der Waals surface area contributed by atoms with Crippen LogP contribution in [0, 0.1) is 5.92 Å². The number of hydrogen-bond donors (Lipinski definition) is 1. The Bertz CT molecular complexity index is 351. The van der Waals surface area contributed by atoms with Crippen LogP contribution in [0.1, 0.15) is 64.5 Å². The number of anilines is 1. The van der Waals surface area contributed by atoms with Crippen LogP contribution in [0.3, 0.4) is 0 Å². The summed E-state index contributed by atoms with van der Waals surface area (Å²) in [5, 5.41) is 3.56. The molecule has 1 rings (SSSR count). The third kappa shape index (κ3) is 4.07. The lowest BCUT2D eigenvalue weighted by Crippen LogP contribution is -2.10. The summed E-state index contributed by atoms with van der Waals surface area (Å²) < 4.78 is 0. The highest BCUT2D eigenvalue weighted by molar-refractivity contribution is 5.54. The van der Waals surface area contributed by atoms with E-state index in [4.69, 9.17) is 0 Å². The fourth-order valence-corrected chi connectivity index (χ4v) is 1.89. The molecule has 0 aliphatic carbocycles. The summed E-state index contributed by atoms with van der Waals surface area (Å²) in [6.07, 6.45) is 0. The zero-order chi connectivity index (χ0) is 13.0. The molecular weight excluding hydrogens is 206 g/mol. The van der Waals surface area contributed by atoms with Crippen LogP contribution in [-0.4, -0.2) is 6.54 Å². The molecule has 0 heterocycles. The van der Waals surface area contributed by atoms with E-state index in [1.807, 2.05) is 0 Å². The van der Waals surface area contributed by atoms with Crippen molar-refractivity contribution in [2.24, 2.45) is 5.92 Å². The Labute approximate surface area is 107 Å².